The number of rotatable bonds is 9. The van der Waals surface area contributed by atoms with Crippen molar-refractivity contribution in [3.05, 3.63) is 54.1 Å². The number of nitrogens with zero attached hydrogens (tertiary/aromatic N) is 2. The Morgan fingerprint density at radius 3 is 2.37 bits per heavy atom. The van der Waals surface area contributed by atoms with Crippen molar-refractivity contribution >= 4 is 17.6 Å². The molecular formula is C22H26N2O6. The lowest BCUT2D eigenvalue weighted by atomic mass is 10.1. The number of benzene rings is 2. The number of ether oxygens (including phenoxy) is 4. The van der Waals surface area contributed by atoms with Gasteiger partial charge in [0, 0.05) is 38.9 Å². The molecule has 1 fully saturated rings. The van der Waals surface area contributed by atoms with Gasteiger partial charge in [0.1, 0.15) is 18.1 Å². The van der Waals surface area contributed by atoms with Crippen molar-refractivity contribution in [2.45, 2.75) is 19.3 Å². The number of amides is 3. The highest BCUT2D eigenvalue weighted by Crippen LogP contribution is 2.26. The minimum atomic E-state index is -0.483. The third kappa shape index (κ3) is 5.08. The minimum absolute atomic E-state index is 0.192. The second-order valence-corrected chi connectivity index (χ2v) is 6.72. The third-order valence-electron chi connectivity index (χ3n) is 4.85. The first kappa shape index (κ1) is 21.6. The molecule has 1 saturated heterocycles. The summed E-state index contributed by atoms with van der Waals surface area (Å²) in [6.07, 6.45) is -0.231. The summed E-state index contributed by atoms with van der Waals surface area (Å²) in [7, 11) is 4.66. The molecule has 3 rings (SSSR count). The van der Waals surface area contributed by atoms with Gasteiger partial charge in [-0.3, -0.25) is 14.6 Å². The summed E-state index contributed by atoms with van der Waals surface area (Å²) < 4.78 is 21.1. The minimum Gasteiger partial charge on any atom is -0.497 e. The summed E-state index contributed by atoms with van der Waals surface area (Å²) in [5.41, 5.74) is 1.51. The quantitative estimate of drug-likeness (QED) is 0.587. The predicted octanol–water partition coefficient (Wildman–Crippen LogP) is 3.05. The lowest BCUT2D eigenvalue weighted by Crippen LogP contribution is -2.52. The van der Waals surface area contributed by atoms with E-state index < -0.39 is 6.29 Å². The second-order valence-electron chi connectivity index (χ2n) is 6.72. The van der Waals surface area contributed by atoms with E-state index in [0.29, 0.717) is 18.0 Å². The van der Waals surface area contributed by atoms with Crippen molar-refractivity contribution in [2.75, 3.05) is 39.4 Å². The molecule has 1 aliphatic rings. The first-order valence-corrected chi connectivity index (χ1v) is 9.59. The Hall–Kier alpha value is -3.10. The second kappa shape index (κ2) is 10.1. The normalized spacial score (nSPS) is 14.4. The number of methoxy groups -OCH3 is 3. The Kier molecular flexibility index (Phi) is 7.26. The van der Waals surface area contributed by atoms with E-state index in [9.17, 15) is 9.59 Å². The van der Waals surface area contributed by atoms with E-state index in [2.05, 4.69) is 0 Å². The Morgan fingerprint density at radius 2 is 1.70 bits per heavy atom. The third-order valence-corrected chi connectivity index (χ3v) is 4.85. The van der Waals surface area contributed by atoms with E-state index in [1.165, 1.54) is 19.1 Å². The fraction of sp³-hybridized carbons (Fsp3) is 0.364. The van der Waals surface area contributed by atoms with Gasteiger partial charge in [-0.1, -0.05) is 18.2 Å². The lowest BCUT2D eigenvalue weighted by molar-refractivity contribution is -0.129. The fourth-order valence-corrected chi connectivity index (χ4v) is 3.14. The largest absolute Gasteiger partial charge is 0.497 e. The molecule has 30 heavy (non-hydrogen) atoms. The number of anilines is 1. The Morgan fingerprint density at radius 1 is 0.967 bits per heavy atom. The van der Waals surface area contributed by atoms with Crippen LogP contribution in [0.2, 0.25) is 0 Å². The van der Waals surface area contributed by atoms with E-state index in [-0.39, 0.29) is 31.5 Å². The van der Waals surface area contributed by atoms with Crippen LogP contribution in [0.3, 0.4) is 0 Å². The standard InChI is InChI=1S/C22H26N2O6/c1-27-18-9-7-16(8-10-18)14-24-20(25)11-12-23(22(24)26)17-5-4-6-19(13-17)30-15-21(28-2)29-3/h4-10,13,21H,11-12,14-15H2,1-3H3. The topological polar surface area (TPSA) is 77.5 Å². The van der Waals surface area contributed by atoms with Crippen molar-refractivity contribution in [2.24, 2.45) is 0 Å². The SMILES string of the molecule is COc1ccc(CN2C(=O)CCN(c3cccc(OCC(OC)OC)c3)C2=O)cc1. The van der Waals surface area contributed by atoms with Crippen LogP contribution in [0.25, 0.3) is 0 Å². The van der Waals surface area contributed by atoms with Crippen molar-refractivity contribution in [3.63, 3.8) is 0 Å². The van der Waals surface area contributed by atoms with E-state index in [0.717, 1.165) is 11.3 Å². The molecule has 2 aromatic carbocycles. The molecule has 0 aromatic heterocycles. The summed E-state index contributed by atoms with van der Waals surface area (Å²) in [6.45, 7) is 0.739. The van der Waals surface area contributed by atoms with Gasteiger partial charge in [-0.25, -0.2) is 4.79 Å². The van der Waals surface area contributed by atoms with E-state index in [1.807, 2.05) is 18.2 Å². The molecule has 0 radical (unpaired) electrons. The monoisotopic (exact) mass is 414 g/mol. The van der Waals surface area contributed by atoms with Crippen molar-refractivity contribution in [3.8, 4) is 11.5 Å². The molecule has 3 amide bonds. The Labute approximate surface area is 175 Å². The Balaban J connectivity index is 1.72. The first-order valence-electron chi connectivity index (χ1n) is 9.59. The van der Waals surface area contributed by atoms with Crippen LogP contribution in [0.5, 0.6) is 11.5 Å². The summed E-state index contributed by atoms with van der Waals surface area (Å²) in [6, 6.07) is 14.1. The van der Waals surface area contributed by atoms with Gasteiger partial charge in [-0.15, -0.1) is 0 Å². The van der Waals surface area contributed by atoms with Gasteiger partial charge in [0.15, 0.2) is 6.29 Å². The van der Waals surface area contributed by atoms with Gasteiger partial charge in [-0.05, 0) is 29.8 Å². The van der Waals surface area contributed by atoms with Crippen LogP contribution in [0.15, 0.2) is 48.5 Å². The zero-order chi connectivity index (χ0) is 21.5. The van der Waals surface area contributed by atoms with Gasteiger partial charge in [0.2, 0.25) is 5.91 Å². The molecule has 0 aliphatic carbocycles. The van der Waals surface area contributed by atoms with Crippen LogP contribution in [-0.4, -0.2) is 57.6 Å². The number of hydrogen-bond donors (Lipinski definition) is 0. The Bertz CT molecular complexity index is 866. The number of carbonyl (C=O) groups excluding carboxylic acids is 2. The average molecular weight is 414 g/mol. The van der Waals surface area contributed by atoms with Crippen molar-refractivity contribution in [1.82, 2.24) is 4.90 Å². The van der Waals surface area contributed by atoms with Gasteiger partial charge < -0.3 is 18.9 Å². The van der Waals surface area contributed by atoms with Gasteiger partial charge >= 0.3 is 6.03 Å². The fourth-order valence-electron chi connectivity index (χ4n) is 3.14. The highest BCUT2D eigenvalue weighted by molar-refractivity contribution is 6.05. The maximum Gasteiger partial charge on any atom is 0.331 e. The van der Waals surface area contributed by atoms with E-state index in [1.54, 1.807) is 42.3 Å². The number of hydrogen-bond acceptors (Lipinski definition) is 6. The maximum absolute atomic E-state index is 13.1. The molecule has 2 aromatic rings. The average Bonchev–Trinajstić information content (AvgIpc) is 2.78. The van der Waals surface area contributed by atoms with Crippen LogP contribution in [0.1, 0.15) is 12.0 Å². The maximum atomic E-state index is 13.1. The number of urea groups is 1. The molecule has 8 heteroatoms. The summed E-state index contributed by atoms with van der Waals surface area (Å²) in [5.74, 6) is 1.11. The lowest BCUT2D eigenvalue weighted by Gasteiger charge is -2.34. The van der Waals surface area contributed by atoms with E-state index in [4.69, 9.17) is 18.9 Å². The van der Waals surface area contributed by atoms with Crippen molar-refractivity contribution < 1.29 is 28.5 Å². The summed E-state index contributed by atoms with van der Waals surface area (Å²) in [5, 5.41) is 0. The van der Waals surface area contributed by atoms with Crippen LogP contribution >= 0.6 is 0 Å². The smallest absolute Gasteiger partial charge is 0.331 e. The molecule has 0 unspecified atom stereocenters. The molecule has 0 saturated carbocycles. The van der Waals surface area contributed by atoms with Gasteiger partial charge in [0.05, 0.1) is 13.7 Å². The zero-order valence-electron chi connectivity index (χ0n) is 17.4. The highest BCUT2D eigenvalue weighted by Gasteiger charge is 2.33. The first-order chi connectivity index (χ1) is 14.5. The highest BCUT2D eigenvalue weighted by atomic mass is 16.7. The molecule has 0 spiro atoms. The summed E-state index contributed by atoms with van der Waals surface area (Å²) >= 11 is 0. The summed E-state index contributed by atoms with van der Waals surface area (Å²) in [4.78, 5) is 28.3. The molecule has 0 N–H and O–H groups in total. The number of imide groups is 1. The molecule has 8 nitrogen and oxygen atoms in total. The van der Waals surface area contributed by atoms with Crippen LogP contribution in [0, 0.1) is 0 Å². The van der Waals surface area contributed by atoms with Crippen molar-refractivity contribution in [1.29, 1.82) is 0 Å². The van der Waals surface area contributed by atoms with Gasteiger partial charge in [-0.2, -0.15) is 0 Å². The molecule has 1 heterocycles. The molecule has 1 aliphatic heterocycles. The van der Waals surface area contributed by atoms with Crippen LogP contribution < -0.4 is 14.4 Å². The molecule has 0 bridgehead atoms. The predicted molar refractivity (Wildman–Crippen MR) is 111 cm³/mol. The van der Waals surface area contributed by atoms with E-state index >= 15 is 0 Å². The number of carbonyl (C=O) groups is 2. The zero-order valence-corrected chi connectivity index (χ0v) is 17.4. The van der Waals surface area contributed by atoms with Gasteiger partial charge in [0.25, 0.3) is 0 Å². The molecular weight excluding hydrogens is 388 g/mol. The molecule has 0 atom stereocenters. The van der Waals surface area contributed by atoms with Crippen LogP contribution in [-0.2, 0) is 20.8 Å². The molecule has 160 valence electrons. The van der Waals surface area contributed by atoms with Crippen LogP contribution in [0.4, 0.5) is 10.5 Å².